The summed E-state index contributed by atoms with van der Waals surface area (Å²) < 4.78 is 66.3. The van der Waals surface area contributed by atoms with E-state index < -0.39 is 17.9 Å². The maximum atomic E-state index is 13.3. The van der Waals surface area contributed by atoms with E-state index in [0.717, 1.165) is 19.3 Å². The van der Waals surface area contributed by atoms with Gasteiger partial charge in [0.15, 0.2) is 5.78 Å². The van der Waals surface area contributed by atoms with Gasteiger partial charge in [0.2, 0.25) is 11.8 Å². The molecule has 0 aliphatic rings. The van der Waals surface area contributed by atoms with Crippen LogP contribution in [0.5, 0.6) is 0 Å². The second-order valence-electron chi connectivity index (χ2n) is 23.0. The molecule has 3 N–H and O–H groups in total. The topological polar surface area (TPSA) is 306 Å². The summed E-state index contributed by atoms with van der Waals surface area (Å²) in [6.45, 7) is 19.0. The minimum Gasteiger partial charge on any atom is -0.481 e. The fourth-order valence-corrected chi connectivity index (χ4v) is 8.80. The Morgan fingerprint density at radius 3 is 1.22 bits per heavy atom. The highest BCUT2D eigenvalue weighted by molar-refractivity contribution is 5.89. The number of carboxylic acid groups (broad SMARTS) is 1. The van der Waals surface area contributed by atoms with Crippen molar-refractivity contribution in [3.8, 4) is 0 Å². The maximum absolute atomic E-state index is 13.3. The lowest BCUT2D eigenvalue weighted by atomic mass is 9.89. The molecular weight excluding hydrogens is 1150 g/mol. The van der Waals surface area contributed by atoms with Gasteiger partial charge in [-0.25, -0.2) is 0 Å². The lowest BCUT2D eigenvalue weighted by Gasteiger charge is -2.18. The van der Waals surface area contributed by atoms with Crippen LogP contribution in [0.4, 0.5) is 0 Å². The highest BCUT2D eigenvalue weighted by Gasteiger charge is 2.23. The Labute approximate surface area is 533 Å². The standard InChI is InChI=1S/C65H121N5O19/c1-5-6-7-8-9-10-11-12-13-14-15-16-17-23-58(71)56-57(64(76)77)27-28-62(74)67-30-20-18-24-59(69-63(75)26-19-21-31-68-70-66)60(72)25-22-32-78-34-36-80-38-40-82-42-44-84-46-48-86-50-52-88-54-55-89-53-51-87-49-47-85-45-43-83-41-39-81-37-35-79-33-29-61(73)65(2,3)4/h57,59H,5-56H2,1-4H3,(H,67,74)(H,69,75)(H,76,77)/t57-,59+/m0/s1. The normalized spacial score (nSPS) is 12.2. The van der Waals surface area contributed by atoms with E-state index in [-0.39, 0.29) is 73.2 Å². The summed E-state index contributed by atoms with van der Waals surface area (Å²) in [5.74, 6) is -2.53. The summed E-state index contributed by atoms with van der Waals surface area (Å²) >= 11 is 0. The molecule has 24 heteroatoms. The first kappa shape index (κ1) is 85.2. The zero-order chi connectivity index (χ0) is 65.2. The van der Waals surface area contributed by atoms with Gasteiger partial charge in [-0.1, -0.05) is 110 Å². The van der Waals surface area contributed by atoms with Crippen LogP contribution in [-0.2, 0) is 85.6 Å². The molecule has 520 valence electrons. The van der Waals surface area contributed by atoms with Crippen molar-refractivity contribution in [2.75, 3.05) is 172 Å². The summed E-state index contributed by atoms with van der Waals surface area (Å²) in [5, 5.41) is 18.9. The second kappa shape index (κ2) is 65.7. The average molecular weight is 1280 g/mol. The molecule has 2 amide bonds. The lowest BCUT2D eigenvalue weighted by molar-refractivity contribution is -0.144. The molecule has 0 unspecified atom stereocenters. The quantitative estimate of drug-likeness (QED) is 0.0221. The molecule has 0 fully saturated rings. The van der Waals surface area contributed by atoms with E-state index >= 15 is 0 Å². The monoisotopic (exact) mass is 1280 g/mol. The van der Waals surface area contributed by atoms with Gasteiger partial charge in [-0.05, 0) is 56.9 Å². The lowest BCUT2D eigenvalue weighted by Crippen LogP contribution is -2.41. The van der Waals surface area contributed by atoms with E-state index in [2.05, 4.69) is 27.6 Å². The molecule has 0 aliphatic heterocycles. The molecule has 0 heterocycles. The van der Waals surface area contributed by atoms with E-state index in [1.807, 2.05) is 20.8 Å². The second-order valence-corrected chi connectivity index (χ2v) is 23.0. The molecule has 0 aromatic heterocycles. The Hall–Kier alpha value is -3.75. The van der Waals surface area contributed by atoms with Gasteiger partial charge >= 0.3 is 5.97 Å². The fraction of sp³-hybridized carbons (Fsp3) is 0.908. The van der Waals surface area contributed by atoms with E-state index in [9.17, 15) is 33.9 Å². The number of amides is 2. The van der Waals surface area contributed by atoms with Gasteiger partial charge in [0.05, 0.1) is 164 Å². The molecule has 0 aliphatic carbocycles. The van der Waals surface area contributed by atoms with E-state index in [4.69, 9.17) is 62.4 Å². The number of carbonyl (C=O) groups excluding carboxylic acids is 5. The largest absolute Gasteiger partial charge is 0.481 e. The van der Waals surface area contributed by atoms with E-state index in [1.54, 1.807) is 0 Å². The van der Waals surface area contributed by atoms with Crippen LogP contribution in [0.15, 0.2) is 5.11 Å². The summed E-state index contributed by atoms with van der Waals surface area (Å²) in [7, 11) is 0. The van der Waals surface area contributed by atoms with Crippen LogP contribution in [0.2, 0.25) is 0 Å². The summed E-state index contributed by atoms with van der Waals surface area (Å²) in [6.07, 6.45) is 19.9. The number of rotatable bonds is 72. The minimum atomic E-state index is -1.07. The van der Waals surface area contributed by atoms with Gasteiger partial charge in [0.1, 0.15) is 11.6 Å². The molecule has 0 bridgehead atoms. The molecule has 0 radical (unpaired) electrons. The summed E-state index contributed by atoms with van der Waals surface area (Å²) in [4.78, 5) is 77.8. The molecule has 0 aromatic rings. The van der Waals surface area contributed by atoms with Crippen LogP contribution in [0.1, 0.15) is 195 Å². The number of nitrogens with one attached hydrogen (secondary N) is 2. The van der Waals surface area contributed by atoms with Crippen molar-refractivity contribution < 1.29 is 90.7 Å². The van der Waals surface area contributed by atoms with Crippen molar-refractivity contribution in [3.63, 3.8) is 0 Å². The smallest absolute Gasteiger partial charge is 0.306 e. The van der Waals surface area contributed by atoms with Crippen molar-refractivity contribution in [1.82, 2.24) is 10.6 Å². The van der Waals surface area contributed by atoms with Crippen molar-refractivity contribution in [2.45, 2.75) is 201 Å². The number of ether oxygens (including phenoxy) is 12. The maximum Gasteiger partial charge on any atom is 0.306 e. The molecule has 0 saturated heterocycles. The number of hydrogen-bond donors (Lipinski definition) is 3. The average Bonchev–Trinajstić information content (AvgIpc) is 3.71. The Kier molecular flexibility index (Phi) is 63.0. The summed E-state index contributed by atoms with van der Waals surface area (Å²) in [6, 6.07) is -0.703. The zero-order valence-corrected chi connectivity index (χ0v) is 55.6. The molecule has 0 saturated carbocycles. The zero-order valence-electron chi connectivity index (χ0n) is 55.6. The van der Waals surface area contributed by atoms with Crippen LogP contribution in [0.25, 0.3) is 10.4 Å². The van der Waals surface area contributed by atoms with Gasteiger partial charge in [-0.15, -0.1) is 0 Å². The van der Waals surface area contributed by atoms with Crippen LogP contribution in [-0.4, -0.2) is 218 Å². The van der Waals surface area contributed by atoms with E-state index in [0.29, 0.717) is 216 Å². The Morgan fingerprint density at radius 2 is 0.820 bits per heavy atom. The van der Waals surface area contributed by atoms with E-state index in [1.165, 1.54) is 64.2 Å². The number of hydrogen-bond acceptors (Lipinski definition) is 19. The first-order valence-corrected chi connectivity index (χ1v) is 33.6. The predicted octanol–water partition coefficient (Wildman–Crippen LogP) is 9.71. The van der Waals surface area contributed by atoms with Gasteiger partial charge < -0.3 is 72.6 Å². The number of azide groups is 1. The van der Waals surface area contributed by atoms with Crippen molar-refractivity contribution in [3.05, 3.63) is 10.4 Å². The number of ketones is 3. The summed E-state index contributed by atoms with van der Waals surface area (Å²) in [5.41, 5.74) is 8.18. The van der Waals surface area contributed by atoms with Crippen LogP contribution in [0.3, 0.4) is 0 Å². The van der Waals surface area contributed by atoms with Crippen molar-refractivity contribution in [2.24, 2.45) is 16.4 Å². The first-order valence-electron chi connectivity index (χ1n) is 33.6. The number of carboxylic acids is 1. The molecule has 89 heavy (non-hydrogen) atoms. The number of carbonyl (C=O) groups is 6. The molecule has 0 rings (SSSR count). The van der Waals surface area contributed by atoms with Crippen LogP contribution < -0.4 is 10.6 Å². The first-order chi connectivity index (χ1) is 43.3. The van der Waals surface area contributed by atoms with Crippen LogP contribution in [0, 0.1) is 11.3 Å². The third kappa shape index (κ3) is 62.8. The minimum absolute atomic E-state index is 0.00486. The fourth-order valence-electron chi connectivity index (χ4n) is 8.80. The van der Waals surface area contributed by atoms with Crippen LogP contribution >= 0.6 is 0 Å². The molecular formula is C65H121N5O19. The van der Waals surface area contributed by atoms with Gasteiger partial charge in [0.25, 0.3) is 0 Å². The molecule has 0 aromatic carbocycles. The van der Waals surface area contributed by atoms with Gasteiger partial charge in [-0.3, -0.25) is 28.8 Å². The third-order valence-corrected chi connectivity index (χ3v) is 14.2. The molecule has 2 atom stereocenters. The number of aliphatic carboxylic acids is 1. The Morgan fingerprint density at radius 1 is 0.427 bits per heavy atom. The highest BCUT2D eigenvalue weighted by atomic mass is 16.6. The third-order valence-electron chi connectivity index (χ3n) is 14.2. The number of nitrogens with zero attached hydrogens (tertiary/aromatic N) is 3. The highest BCUT2D eigenvalue weighted by Crippen LogP contribution is 2.18. The Balaban J connectivity index is 3.92. The predicted molar refractivity (Wildman–Crippen MR) is 340 cm³/mol. The number of Topliss-reactive ketones (excluding diaryl/α,β-unsaturated/α-hetero) is 3. The molecule has 0 spiro atoms. The van der Waals surface area contributed by atoms with Gasteiger partial charge in [-0.2, -0.15) is 0 Å². The number of unbranched alkanes of at least 4 members (excludes halogenated alkanes) is 14. The van der Waals surface area contributed by atoms with Gasteiger partial charge in [0, 0.05) is 68.5 Å². The SMILES string of the molecule is CCCCCCCCCCCCCCCC(=O)C[C@H](CCC(=O)NCCCC[C@@H](NC(=O)CCCCN=[N+]=[N-])C(=O)CCCOCCOCCOCCOCCOCCOCCOCCOCCOCCOCCOCCOCCC(=O)C(C)(C)C)C(=O)O. The Bertz CT molecular complexity index is 1740. The van der Waals surface area contributed by atoms with Crippen molar-refractivity contribution >= 4 is 35.1 Å². The molecule has 24 nitrogen and oxygen atoms in total. The van der Waals surface area contributed by atoms with Crippen molar-refractivity contribution in [1.29, 1.82) is 0 Å².